The molecule has 1 atom stereocenters. The van der Waals surface area contributed by atoms with Crippen molar-refractivity contribution in [1.82, 2.24) is 14.9 Å². The first kappa shape index (κ1) is 21.2. The smallest absolute Gasteiger partial charge is 0.444 e. The first-order valence-electron chi connectivity index (χ1n) is 10.7. The van der Waals surface area contributed by atoms with Crippen LogP contribution >= 0.6 is 0 Å². The van der Waals surface area contributed by atoms with Crippen LogP contribution in [-0.4, -0.2) is 51.4 Å². The maximum Gasteiger partial charge on any atom is 0.494 e. The Kier molecular flexibility index (Phi) is 4.94. The number of fused-ring (bicyclic) bond motifs is 1. The number of carbonyl (C=O) groups excluding carboxylic acids is 1. The molecule has 30 heavy (non-hydrogen) atoms. The third kappa shape index (κ3) is 3.83. The van der Waals surface area contributed by atoms with E-state index in [0.29, 0.717) is 6.54 Å². The Bertz CT molecular complexity index is 947. The second-order valence-electron chi connectivity index (χ2n) is 10.3. The number of nitrogens with zero attached hydrogens (tertiary/aromatic N) is 2. The number of rotatable bonds is 2. The van der Waals surface area contributed by atoms with Gasteiger partial charge in [-0.2, -0.15) is 0 Å². The van der Waals surface area contributed by atoms with Gasteiger partial charge in [-0.15, -0.1) is 0 Å². The van der Waals surface area contributed by atoms with Crippen molar-refractivity contribution in [2.75, 3.05) is 6.54 Å². The molecule has 0 aliphatic carbocycles. The van der Waals surface area contributed by atoms with Crippen molar-refractivity contribution in [2.24, 2.45) is 0 Å². The molecule has 1 unspecified atom stereocenters. The molecule has 0 radical (unpaired) electrons. The van der Waals surface area contributed by atoms with Gasteiger partial charge in [-0.05, 0) is 78.9 Å². The fourth-order valence-electron chi connectivity index (χ4n) is 3.92. The van der Waals surface area contributed by atoms with Crippen molar-refractivity contribution >= 4 is 29.7 Å². The van der Waals surface area contributed by atoms with Gasteiger partial charge in [0.2, 0.25) is 0 Å². The fraction of sp³-hybridized carbons (Fsp3) is 0.636. The van der Waals surface area contributed by atoms with Gasteiger partial charge in [0.1, 0.15) is 11.4 Å². The van der Waals surface area contributed by atoms with E-state index in [1.54, 1.807) is 4.90 Å². The predicted octanol–water partition coefficient (Wildman–Crippen LogP) is 3.93. The molecule has 2 aromatic rings. The topological polar surface area (TPSA) is 76.7 Å². The molecule has 1 aromatic carbocycles. The Balaban J connectivity index is 1.58. The van der Waals surface area contributed by atoms with Crippen molar-refractivity contribution in [3.63, 3.8) is 0 Å². The first-order valence-corrected chi connectivity index (χ1v) is 10.7. The van der Waals surface area contributed by atoms with E-state index in [9.17, 15) is 4.79 Å². The fourth-order valence-corrected chi connectivity index (χ4v) is 3.92. The Morgan fingerprint density at radius 1 is 1.23 bits per heavy atom. The van der Waals surface area contributed by atoms with Gasteiger partial charge in [-0.25, -0.2) is 9.78 Å². The number of hydrogen-bond acceptors (Lipinski definition) is 5. The Labute approximate surface area is 178 Å². The van der Waals surface area contributed by atoms with Crippen LogP contribution in [-0.2, 0) is 14.0 Å². The number of hydrogen-bond donors (Lipinski definition) is 1. The number of imidazole rings is 1. The van der Waals surface area contributed by atoms with Crippen molar-refractivity contribution in [2.45, 2.75) is 84.2 Å². The molecule has 162 valence electrons. The lowest BCUT2D eigenvalue weighted by atomic mass is 9.79. The van der Waals surface area contributed by atoms with Crippen molar-refractivity contribution in [3.8, 4) is 0 Å². The summed E-state index contributed by atoms with van der Waals surface area (Å²) in [6, 6.07) is 5.89. The minimum absolute atomic E-state index is 0.104. The highest BCUT2D eigenvalue weighted by molar-refractivity contribution is 6.62. The number of benzene rings is 1. The number of nitrogens with one attached hydrogen (secondary N) is 1. The van der Waals surface area contributed by atoms with Gasteiger partial charge in [0, 0.05) is 6.54 Å². The summed E-state index contributed by atoms with van der Waals surface area (Å²) in [5, 5.41) is 0. The maximum atomic E-state index is 12.6. The molecule has 0 spiro atoms. The number of aromatic nitrogens is 2. The molecular formula is C22H32BN3O4. The molecule has 2 fully saturated rings. The van der Waals surface area contributed by atoms with E-state index in [1.165, 1.54) is 0 Å². The van der Waals surface area contributed by atoms with Gasteiger partial charge in [0.15, 0.2) is 0 Å². The first-order chi connectivity index (χ1) is 13.9. The summed E-state index contributed by atoms with van der Waals surface area (Å²) in [4.78, 5) is 22.6. The molecule has 3 heterocycles. The third-order valence-corrected chi connectivity index (χ3v) is 6.25. The number of ether oxygens (including phenoxy) is 1. The number of likely N-dealkylation sites (tertiary alicyclic amines) is 1. The highest BCUT2D eigenvalue weighted by Crippen LogP contribution is 2.37. The van der Waals surface area contributed by atoms with Crippen molar-refractivity contribution < 1.29 is 18.8 Å². The molecule has 2 aliphatic rings. The second-order valence-corrected chi connectivity index (χ2v) is 10.3. The minimum Gasteiger partial charge on any atom is -0.444 e. The number of carbonyl (C=O) groups is 1. The number of H-pyrrole nitrogens is 1. The van der Waals surface area contributed by atoms with Crippen LogP contribution in [0.4, 0.5) is 4.79 Å². The molecule has 8 heteroatoms. The van der Waals surface area contributed by atoms with Gasteiger partial charge in [-0.3, -0.25) is 4.90 Å². The highest BCUT2D eigenvalue weighted by Gasteiger charge is 2.51. The zero-order valence-corrected chi connectivity index (χ0v) is 19.0. The molecule has 2 aliphatic heterocycles. The van der Waals surface area contributed by atoms with E-state index in [0.717, 1.165) is 35.2 Å². The summed E-state index contributed by atoms with van der Waals surface area (Å²) in [6.07, 6.45) is 1.51. The normalized spacial score (nSPS) is 23.4. The van der Waals surface area contributed by atoms with Crippen LogP contribution in [0.3, 0.4) is 0 Å². The van der Waals surface area contributed by atoms with Gasteiger partial charge in [0.25, 0.3) is 0 Å². The van der Waals surface area contributed by atoms with Crippen LogP contribution in [0.15, 0.2) is 18.2 Å². The standard InChI is InChI=1S/C22H32BN3O4/c1-20(2,3)28-19(27)26-12-8-9-17(26)18-24-15-11-10-14(13-16(15)25-18)23-29-21(4,5)22(6,7)30-23/h10-11,13,17H,8-9,12H2,1-7H3,(H,24,25). The Morgan fingerprint density at radius 2 is 1.90 bits per heavy atom. The quantitative estimate of drug-likeness (QED) is 0.755. The second kappa shape index (κ2) is 6.99. The van der Waals surface area contributed by atoms with Gasteiger partial charge >= 0.3 is 13.2 Å². The lowest BCUT2D eigenvalue weighted by Gasteiger charge is -2.32. The largest absolute Gasteiger partial charge is 0.494 e. The van der Waals surface area contributed by atoms with Gasteiger partial charge < -0.3 is 19.0 Å². The summed E-state index contributed by atoms with van der Waals surface area (Å²) >= 11 is 0. The zero-order valence-electron chi connectivity index (χ0n) is 19.0. The summed E-state index contributed by atoms with van der Waals surface area (Å²) < 4.78 is 17.9. The molecule has 1 aromatic heterocycles. The molecule has 0 bridgehead atoms. The van der Waals surface area contributed by atoms with Crippen LogP contribution in [0.5, 0.6) is 0 Å². The monoisotopic (exact) mass is 413 g/mol. The molecule has 1 N–H and O–H groups in total. The summed E-state index contributed by atoms with van der Waals surface area (Å²) in [5.41, 5.74) is 1.43. The molecule has 4 rings (SSSR count). The maximum absolute atomic E-state index is 12.6. The molecular weight excluding hydrogens is 381 g/mol. The van der Waals surface area contributed by atoms with Crippen LogP contribution in [0, 0.1) is 0 Å². The minimum atomic E-state index is -0.518. The van der Waals surface area contributed by atoms with Crippen molar-refractivity contribution in [3.05, 3.63) is 24.0 Å². The van der Waals surface area contributed by atoms with Gasteiger partial charge in [-0.1, -0.05) is 6.07 Å². The van der Waals surface area contributed by atoms with Gasteiger partial charge in [0.05, 0.1) is 28.3 Å². The van der Waals surface area contributed by atoms with E-state index in [1.807, 2.05) is 66.7 Å². The van der Waals surface area contributed by atoms with Crippen molar-refractivity contribution in [1.29, 1.82) is 0 Å². The molecule has 0 saturated carbocycles. The summed E-state index contributed by atoms with van der Waals surface area (Å²) in [6.45, 7) is 14.5. The van der Waals surface area contributed by atoms with E-state index in [2.05, 4.69) is 4.98 Å². The lowest BCUT2D eigenvalue weighted by molar-refractivity contribution is 0.00578. The van der Waals surface area contributed by atoms with Crippen LogP contribution in [0.2, 0.25) is 0 Å². The number of amides is 1. The molecule has 1 amide bonds. The molecule has 7 nitrogen and oxygen atoms in total. The summed E-state index contributed by atoms with van der Waals surface area (Å²) in [5.74, 6) is 0.791. The zero-order chi connectivity index (χ0) is 21.9. The predicted molar refractivity (Wildman–Crippen MR) is 117 cm³/mol. The lowest BCUT2D eigenvalue weighted by Crippen LogP contribution is -2.41. The van der Waals surface area contributed by atoms with Crippen LogP contribution in [0.25, 0.3) is 11.0 Å². The van der Waals surface area contributed by atoms with Crippen LogP contribution in [0.1, 0.15) is 73.2 Å². The Hall–Kier alpha value is -2.06. The third-order valence-electron chi connectivity index (χ3n) is 6.25. The highest BCUT2D eigenvalue weighted by atomic mass is 16.7. The van der Waals surface area contributed by atoms with E-state index < -0.39 is 12.7 Å². The SMILES string of the molecule is CC(C)(C)OC(=O)N1CCCC1c1nc2ccc(B3OC(C)(C)C(C)(C)O3)cc2[nH]1. The number of aromatic amines is 1. The van der Waals surface area contributed by atoms with E-state index >= 15 is 0 Å². The van der Waals surface area contributed by atoms with Crippen LogP contribution < -0.4 is 5.46 Å². The molecule has 2 saturated heterocycles. The Morgan fingerprint density at radius 3 is 2.53 bits per heavy atom. The average molecular weight is 413 g/mol. The van der Waals surface area contributed by atoms with E-state index in [4.69, 9.17) is 19.0 Å². The average Bonchev–Trinajstić information content (AvgIpc) is 3.28. The summed E-state index contributed by atoms with van der Waals surface area (Å²) in [7, 11) is -0.420. The van der Waals surface area contributed by atoms with E-state index in [-0.39, 0.29) is 23.3 Å².